The van der Waals surface area contributed by atoms with E-state index in [2.05, 4.69) is 16.9 Å². The third-order valence-electron chi connectivity index (χ3n) is 3.00. The first-order valence-corrected chi connectivity index (χ1v) is 7.75. The van der Waals surface area contributed by atoms with Crippen molar-refractivity contribution in [3.8, 4) is 0 Å². The Morgan fingerprint density at radius 2 is 2.30 bits per heavy atom. The van der Waals surface area contributed by atoms with Crippen LogP contribution in [0.25, 0.3) is 11.0 Å². The van der Waals surface area contributed by atoms with E-state index in [0.29, 0.717) is 5.02 Å². The Labute approximate surface area is 126 Å². The number of halogens is 1. The summed E-state index contributed by atoms with van der Waals surface area (Å²) in [6.07, 6.45) is 5.48. The number of thioether (sulfide) groups is 1. The van der Waals surface area contributed by atoms with E-state index < -0.39 is 0 Å². The second kappa shape index (κ2) is 6.45. The fourth-order valence-electron chi connectivity index (χ4n) is 1.83. The van der Waals surface area contributed by atoms with Gasteiger partial charge in [0.2, 0.25) is 5.91 Å². The Balaban J connectivity index is 2.45. The first-order valence-electron chi connectivity index (χ1n) is 6.50. The minimum atomic E-state index is -0.362. The standard InChI is InChI=1S/C13H17ClN4OS/c1-3-4-5-18-7-17-10-9(14)6-16-13(11(10)18)20-8(2)12(15)19/h6-8H,3-5H2,1-2H3,(H2,15,19). The number of aromatic nitrogens is 3. The van der Waals surface area contributed by atoms with Gasteiger partial charge < -0.3 is 10.3 Å². The number of fused-ring (bicyclic) bond motifs is 1. The number of nitrogens with two attached hydrogens (primary N) is 1. The van der Waals surface area contributed by atoms with Crippen LogP contribution >= 0.6 is 23.4 Å². The monoisotopic (exact) mass is 312 g/mol. The molecular weight excluding hydrogens is 296 g/mol. The number of hydrogen-bond acceptors (Lipinski definition) is 4. The summed E-state index contributed by atoms with van der Waals surface area (Å²) >= 11 is 7.47. The van der Waals surface area contributed by atoms with Crippen molar-refractivity contribution in [1.82, 2.24) is 14.5 Å². The molecule has 0 radical (unpaired) electrons. The predicted octanol–water partition coefficient (Wildman–Crippen LogP) is 2.85. The Hall–Kier alpha value is -1.27. The normalized spacial score (nSPS) is 12.8. The molecule has 1 amide bonds. The molecule has 2 rings (SSSR count). The van der Waals surface area contributed by atoms with Gasteiger partial charge in [0.1, 0.15) is 16.1 Å². The number of unbranched alkanes of at least 4 members (excludes halogenated alkanes) is 1. The Morgan fingerprint density at radius 3 is 2.95 bits per heavy atom. The van der Waals surface area contributed by atoms with Crippen molar-refractivity contribution in [1.29, 1.82) is 0 Å². The van der Waals surface area contributed by atoms with Crippen LogP contribution in [-0.4, -0.2) is 25.7 Å². The van der Waals surface area contributed by atoms with Gasteiger partial charge in [-0.2, -0.15) is 0 Å². The summed E-state index contributed by atoms with van der Waals surface area (Å²) in [4.78, 5) is 19.9. The van der Waals surface area contributed by atoms with Gasteiger partial charge in [-0.05, 0) is 13.3 Å². The Kier molecular flexibility index (Phi) is 4.88. The maximum absolute atomic E-state index is 11.2. The third kappa shape index (κ3) is 3.07. The highest BCUT2D eigenvalue weighted by atomic mass is 35.5. The smallest absolute Gasteiger partial charge is 0.230 e. The van der Waals surface area contributed by atoms with E-state index >= 15 is 0 Å². The van der Waals surface area contributed by atoms with Crippen molar-refractivity contribution in [3.63, 3.8) is 0 Å². The maximum Gasteiger partial charge on any atom is 0.230 e. The minimum absolute atomic E-state index is 0.346. The molecule has 2 aromatic heterocycles. The van der Waals surface area contributed by atoms with Crippen molar-refractivity contribution < 1.29 is 4.79 Å². The maximum atomic E-state index is 11.2. The SMILES string of the molecule is CCCCn1cnc2c(Cl)cnc(SC(C)C(N)=O)c21. The molecule has 1 unspecified atom stereocenters. The Bertz CT molecular complexity index is 628. The van der Waals surface area contributed by atoms with Gasteiger partial charge in [-0.1, -0.05) is 36.7 Å². The fourth-order valence-corrected chi connectivity index (χ4v) is 2.91. The molecule has 0 spiro atoms. The van der Waals surface area contributed by atoms with E-state index in [4.69, 9.17) is 17.3 Å². The summed E-state index contributed by atoms with van der Waals surface area (Å²) in [5.74, 6) is -0.362. The molecule has 7 heteroatoms. The largest absolute Gasteiger partial charge is 0.369 e. The number of amides is 1. The molecule has 2 N–H and O–H groups in total. The summed E-state index contributed by atoms with van der Waals surface area (Å²) in [6.45, 7) is 4.75. The molecule has 5 nitrogen and oxygen atoms in total. The van der Waals surface area contributed by atoms with Crippen molar-refractivity contribution in [2.24, 2.45) is 5.73 Å². The zero-order valence-electron chi connectivity index (χ0n) is 11.5. The lowest BCUT2D eigenvalue weighted by molar-refractivity contribution is -0.117. The first-order chi connectivity index (χ1) is 9.54. The summed E-state index contributed by atoms with van der Waals surface area (Å²) in [7, 11) is 0. The summed E-state index contributed by atoms with van der Waals surface area (Å²) < 4.78 is 2.04. The number of hydrogen-bond donors (Lipinski definition) is 1. The Morgan fingerprint density at radius 1 is 1.55 bits per heavy atom. The topological polar surface area (TPSA) is 73.8 Å². The van der Waals surface area contributed by atoms with Gasteiger partial charge in [0.15, 0.2) is 0 Å². The molecule has 0 fully saturated rings. The van der Waals surface area contributed by atoms with Crippen LogP contribution in [0.4, 0.5) is 0 Å². The molecule has 20 heavy (non-hydrogen) atoms. The van der Waals surface area contributed by atoms with Crippen LogP contribution in [0.5, 0.6) is 0 Å². The molecule has 0 aliphatic heterocycles. The van der Waals surface area contributed by atoms with Crippen LogP contribution in [-0.2, 0) is 11.3 Å². The van der Waals surface area contributed by atoms with Gasteiger partial charge in [-0.15, -0.1) is 0 Å². The number of imidazole rings is 1. The predicted molar refractivity (Wildman–Crippen MR) is 82.0 cm³/mol. The number of pyridine rings is 1. The van der Waals surface area contributed by atoms with E-state index in [-0.39, 0.29) is 11.2 Å². The van der Waals surface area contributed by atoms with Crippen LogP contribution in [0.15, 0.2) is 17.6 Å². The molecule has 0 saturated carbocycles. The zero-order valence-corrected chi connectivity index (χ0v) is 13.0. The third-order valence-corrected chi connectivity index (χ3v) is 4.39. The number of aryl methyl sites for hydroxylation is 1. The van der Waals surface area contributed by atoms with Gasteiger partial charge >= 0.3 is 0 Å². The quantitative estimate of drug-likeness (QED) is 0.832. The first kappa shape index (κ1) is 15.1. The highest BCUT2D eigenvalue weighted by Gasteiger charge is 2.18. The zero-order chi connectivity index (χ0) is 14.7. The number of rotatable bonds is 6. The fraction of sp³-hybridized carbons (Fsp3) is 0.462. The van der Waals surface area contributed by atoms with Gasteiger partial charge in [0.25, 0.3) is 0 Å². The van der Waals surface area contributed by atoms with Gasteiger partial charge in [-0.3, -0.25) is 4.79 Å². The second-order valence-corrected chi connectivity index (χ2v) is 6.30. The lowest BCUT2D eigenvalue weighted by atomic mass is 10.3. The summed E-state index contributed by atoms with van der Waals surface area (Å²) in [5, 5.41) is 0.914. The lowest BCUT2D eigenvalue weighted by Gasteiger charge is -2.10. The van der Waals surface area contributed by atoms with Gasteiger partial charge in [0.05, 0.1) is 16.6 Å². The summed E-state index contributed by atoms with van der Waals surface area (Å²) in [6, 6.07) is 0. The van der Waals surface area contributed by atoms with Crippen molar-refractivity contribution >= 4 is 40.3 Å². The van der Waals surface area contributed by atoms with Crippen LogP contribution in [0, 0.1) is 0 Å². The van der Waals surface area contributed by atoms with Crippen LogP contribution in [0.1, 0.15) is 26.7 Å². The number of carbonyl (C=O) groups excluding carboxylic acids is 1. The number of carbonyl (C=O) groups is 1. The molecule has 0 aliphatic carbocycles. The molecule has 0 aromatic carbocycles. The van der Waals surface area contributed by atoms with E-state index in [1.165, 1.54) is 11.8 Å². The van der Waals surface area contributed by atoms with Crippen molar-refractivity contribution in [2.45, 2.75) is 43.5 Å². The molecule has 0 bridgehead atoms. The molecule has 1 atom stereocenters. The number of nitrogens with zero attached hydrogens (tertiary/aromatic N) is 3. The highest BCUT2D eigenvalue weighted by molar-refractivity contribution is 8.00. The van der Waals surface area contributed by atoms with Crippen LogP contribution < -0.4 is 5.73 Å². The highest BCUT2D eigenvalue weighted by Crippen LogP contribution is 2.32. The van der Waals surface area contributed by atoms with Crippen LogP contribution in [0.3, 0.4) is 0 Å². The average molecular weight is 313 g/mol. The van der Waals surface area contributed by atoms with Crippen molar-refractivity contribution in [2.75, 3.05) is 0 Å². The molecule has 2 heterocycles. The molecule has 0 aliphatic rings. The van der Waals surface area contributed by atoms with Crippen molar-refractivity contribution in [3.05, 3.63) is 17.5 Å². The second-order valence-electron chi connectivity index (χ2n) is 4.56. The molecule has 108 valence electrons. The molecule has 2 aromatic rings. The lowest BCUT2D eigenvalue weighted by Crippen LogP contribution is -2.22. The van der Waals surface area contributed by atoms with Gasteiger partial charge in [-0.25, -0.2) is 9.97 Å². The summed E-state index contributed by atoms with van der Waals surface area (Å²) in [5.41, 5.74) is 6.91. The molecule has 0 saturated heterocycles. The molecular formula is C13H17ClN4OS. The van der Waals surface area contributed by atoms with E-state index in [1.54, 1.807) is 19.4 Å². The van der Waals surface area contributed by atoms with E-state index in [1.807, 2.05) is 4.57 Å². The number of primary amides is 1. The van der Waals surface area contributed by atoms with E-state index in [0.717, 1.165) is 35.4 Å². The minimum Gasteiger partial charge on any atom is -0.369 e. The van der Waals surface area contributed by atoms with Crippen LogP contribution in [0.2, 0.25) is 5.02 Å². The van der Waals surface area contributed by atoms with E-state index in [9.17, 15) is 4.79 Å². The van der Waals surface area contributed by atoms with Gasteiger partial charge in [0, 0.05) is 12.7 Å². The average Bonchev–Trinajstić information content (AvgIpc) is 2.84.